The molecule has 1 atom stereocenters. The normalized spacial score (nSPS) is 16.6. The van der Waals surface area contributed by atoms with Gasteiger partial charge in [0.1, 0.15) is 11.6 Å². The van der Waals surface area contributed by atoms with Crippen molar-refractivity contribution in [2.75, 3.05) is 19.7 Å². The van der Waals surface area contributed by atoms with Crippen LogP contribution in [0.5, 0.6) is 5.75 Å². The summed E-state index contributed by atoms with van der Waals surface area (Å²) in [5.74, 6) is 2.12. The highest BCUT2D eigenvalue weighted by Gasteiger charge is 2.27. The van der Waals surface area contributed by atoms with Gasteiger partial charge in [0.15, 0.2) is 0 Å². The van der Waals surface area contributed by atoms with Crippen molar-refractivity contribution in [2.24, 2.45) is 13.0 Å². The Morgan fingerprint density at radius 1 is 1.21 bits per heavy atom. The minimum atomic E-state index is 0.0730. The number of amides is 1. The number of aromatic nitrogens is 2. The van der Waals surface area contributed by atoms with Gasteiger partial charge in [0.25, 0.3) is 5.91 Å². The zero-order chi connectivity index (χ0) is 20.2. The van der Waals surface area contributed by atoms with Crippen molar-refractivity contribution >= 4 is 5.91 Å². The molecule has 1 aliphatic rings. The lowest BCUT2D eigenvalue weighted by Crippen LogP contribution is -2.41. The van der Waals surface area contributed by atoms with Crippen molar-refractivity contribution < 1.29 is 9.53 Å². The smallest absolute Gasteiger partial charge is 0.254 e. The minimum absolute atomic E-state index is 0.0730. The van der Waals surface area contributed by atoms with Crippen LogP contribution in [0.25, 0.3) is 11.4 Å². The number of ether oxygens (including phenoxy) is 1. The van der Waals surface area contributed by atoms with Crippen molar-refractivity contribution in [3.63, 3.8) is 0 Å². The van der Waals surface area contributed by atoms with Crippen molar-refractivity contribution in [2.45, 2.75) is 19.8 Å². The fraction of sp³-hybridized carbons (Fsp3) is 0.333. The Morgan fingerprint density at radius 3 is 2.86 bits per heavy atom. The second-order valence-electron chi connectivity index (χ2n) is 7.79. The van der Waals surface area contributed by atoms with E-state index in [-0.39, 0.29) is 5.91 Å². The second-order valence-corrected chi connectivity index (χ2v) is 7.79. The van der Waals surface area contributed by atoms with Gasteiger partial charge in [0.2, 0.25) is 0 Å². The number of likely N-dealkylation sites (tertiary alicyclic amines) is 1. The van der Waals surface area contributed by atoms with E-state index in [2.05, 4.69) is 24.0 Å². The Kier molecular flexibility index (Phi) is 5.65. The zero-order valence-corrected chi connectivity index (χ0v) is 17.0. The average Bonchev–Trinajstić information content (AvgIpc) is 3.18. The van der Waals surface area contributed by atoms with Crippen LogP contribution >= 0.6 is 0 Å². The van der Waals surface area contributed by atoms with Crippen molar-refractivity contribution in [1.82, 2.24) is 14.5 Å². The fourth-order valence-electron chi connectivity index (χ4n) is 3.96. The van der Waals surface area contributed by atoms with Gasteiger partial charge in [-0.05, 0) is 43.5 Å². The SMILES string of the molecule is Cc1cccc(OC[C@@H]2CCCN(C(=O)c3ccccc3-c3nccn3C)C2)c1. The number of hydrogen-bond acceptors (Lipinski definition) is 3. The highest BCUT2D eigenvalue weighted by Crippen LogP contribution is 2.26. The Balaban J connectivity index is 1.46. The average molecular weight is 389 g/mol. The third-order valence-corrected chi connectivity index (χ3v) is 5.50. The van der Waals surface area contributed by atoms with Crippen LogP contribution in [0.2, 0.25) is 0 Å². The fourth-order valence-corrected chi connectivity index (χ4v) is 3.96. The maximum Gasteiger partial charge on any atom is 0.254 e. The van der Waals surface area contributed by atoms with E-state index in [1.165, 1.54) is 5.56 Å². The first-order valence-electron chi connectivity index (χ1n) is 10.2. The molecule has 150 valence electrons. The summed E-state index contributed by atoms with van der Waals surface area (Å²) in [5, 5.41) is 0. The van der Waals surface area contributed by atoms with Gasteiger partial charge in [-0.1, -0.05) is 30.3 Å². The first kappa shape index (κ1) is 19.2. The second kappa shape index (κ2) is 8.52. The van der Waals surface area contributed by atoms with E-state index in [1.54, 1.807) is 6.20 Å². The summed E-state index contributed by atoms with van der Waals surface area (Å²) >= 11 is 0. The van der Waals surface area contributed by atoms with Crippen molar-refractivity contribution in [3.8, 4) is 17.1 Å². The molecular formula is C24H27N3O2. The molecule has 1 amide bonds. The van der Waals surface area contributed by atoms with E-state index in [4.69, 9.17) is 4.74 Å². The number of aryl methyl sites for hydroxylation is 2. The molecule has 5 heteroatoms. The molecule has 0 N–H and O–H groups in total. The molecule has 0 unspecified atom stereocenters. The highest BCUT2D eigenvalue weighted by molar-refractivity contribution is 6.00. The van der Waals surface area contributed by atoms with Gasteiger partial charge in [-0.25, -0.2) is 4.98 Å². The Morgan fingerprint density at radius 2 is 2.07 bits per heavy atom. The summed E-state index contributed by atoms with van der Waals surface area (Å²) < 4.78 is 7.95. The predicted octanol–water partition coefficient (Wildman–Crippen LogP) is 4.33. The van der Waals surface area contributed by atoms with Gasteiger partial charge in [-0.3, -0.25) is 4.79 Å². The van der Waals surface area contributed by atoms with Gasteiger partial charge in [0.05, 0.1) is 12.2 Å². The van der Waals surface area contributed by atoms with E-state index in [1.807, 2.05) is 59.1 Å². The van der Waals surface area contributed by atoms with Crippen LogP contribution < -0.4 is 4.74 Å². The molecule has 0 radical (unpaired) electrons. The Hall–Kier alpha value is -3.08. The molecule has 1 aliphatic heterocycles. The molecule has 0 bridgehead atoms. The van der Waals surface area contributed by atoms with Crippen LogP contribution in [0.1, 0.15) is 28.8 Å². The van der Waals surface area contributed by atoms with Gasteiger partial charge in [0, 0.05) is 44.0 Å². The maximum atomic E-state index is 13.3. The first-order valence-corrected chi connectivity index (χ1v) is 10.2. The number of carbonyl (C=O) groups is 1. The minimum Gasteiger partial charge on any atom is -0.493 e. The molecule has 5 nitrogen and oxygen atoms in total. The number of nitrogens with zero attached hydrogens (tertiary/aromatic N) is 3. The van der Waals surface area contributed by atoms with Crippen molar-refractivity contribution in [3.05, 3.63) is 72.1 Å². The van der Waals surface area contributed by atoms with Gasteiger partial charge < -0.3 is 14.2 Å². The van der Waals surface area contributed by atoms with Crippen LogP contribution in [0.4, 0.5) is 0 Å². The molecule has 3 aromatic rings. The van der Waals surface area contributed by atoms with Gasteiger partial charge in [-0.2, -0.15) is 0 Å². The van der Waals surface area contributed by atoms with Crippen LogP contribution in [0, 0.1) is 12.8 Å². The molecule has 1 saturated heterocycles. The number of benzene rings is 2. The number of hydrogen-bond donors (Lipinski definition) is 0. The topological polar surface area (TPSA) is 47.4 Å². The van der Waals surface area contributed by atoms with Crippen LogP contribution in [0.15, 0.2) is 60.9 Å². The third-order valence-electron chi connectivity index (χ3n) is 5.50. The largest absolute Gasteiger partial charge is 0.493 e. The first-order chi connectivity index (χ1) is 14.1. The summed E-state index contributed by atoms with van der Waals surface area (Å²) in [6.45, 7) is 4.20. The highest BCUT2D eigenvalue weighted by atomic mass is 16.5. The summed E-state index contributed by atoms with van der Waals surface area (Å²) in [6, 6.07) is 15.9. The van der Waals surface area contributed by atoms with Crippen LogP contribution in [-0.4, -0.2) is 40.1 Å². The summed E-state index contributed by atoms with van der Waals surface area (Å²) in [5.41, 5.74) is 2.78. The molecule has 2 heterocycles. The van der Waals surface area contributed by atoms with Crippen LogP contribution in [-0.2, 0) is 7.05 Å². The van der Waals surface area contributed by atoms with Crippen LogP contribution in [0.3, 0.4) is 0 Å². The molecule has 29 heavy (non-hydrogen) atoms. The van der Waals surface area contributed by atoms with Crippen molar-refractivity contribution in [1.29, 1.82) is 0 Å². The molecule has 0 spiro atoms. The molecule has 0 saturated carbocycles. The number of carbonyl (C=O) groups excluding carboxylic acids is 1. The molecule has 2 aromatic carbocycles. The van der Waals surface area contributed by atoms with E-state index >= 15 is 0 Å². The van der Waals surface area contributed by atoms with E-state index in [0.717, 1.165) is 43.1 Å². The Bertz CT molecular complexity index is 995. The monoisotopic (exact) mass is 389 g/mol. The molecule has 1 aromatic heterocycles. The molecule has 0 aliphatic carbocycles. The summed E-state index contributed by atoms with van der Waals surface area (Å²) in [4.78, 5) is 19.7. The van der Waals surface area contributed by atoms with Gasteiger partial charge >= 0.3 is 0 Å². The predicted molar refractivity (Wildman–Crippen MR) is 114 cm³/mol. The lowest BCUT2D eigenvalue weighted by atomic mass is 9.97. The molecule has 1 fully saturated rings. The standard InChI is InChI=1S/C24H27N3O2/c1-18-7-5-9-20(15-18)29-17-19-8-6-13-27(16-19)24(28)22-11-4-3-10-21(22)23-25-12-14-26(23)2/h3-5,7,9-12,14-15,19H,6,8,13,16-17H2,1-2H3/t19-/m1/s1. The number of imidazole rings is 1. The zero-order valence-electron chi connectivity index (χ0n) is 17.0. The van der Waals surface area contributed by atoms with Gasteiger partial charge in [-0.15, -0.1) is 0 Å². The molecule has 4 rings (SSSR count). The summed E-state index contributed by atoms with van der Waals surface area (Å²) in [6.07, 6.45) is 5.74. The molecular weight excluding hydrogens is 362 g/mol. The summed E-state index contributed by atoms with van der Waals surface area (Å²) in [7, 11) is 1.95. The number of piperidine rings is 1. The number of rotatable bonds is 5. The lowest BCUT2D eigenvalue weighted by molar-refractivity contribution is 0.0634. The Labute approximate surface area is 171 Å². The quantitative estimate of drug-likeness (QED) is 0.653. The third kappa shape index (κ3) is 4.34. The lowest BCUT2D eigenvalue weighted by Gasteiger charge is -2.33. The van der Waals surface area contributed by atoms with E-state index < -0.39 is 0 Å². The van der Waals surface area contributed by atoms with E-state index in [9.17, 15) is 4.79 Å². The van der Waals surface area contributed by atoms with E-state index in [0.29, 0.717) is 18.1 Å². The maximum absolute atomic E-state index is 13.3.